The Morgan fingerprint density at radius 3 is 2.45 bits per heavy atom. The first-order chi connectivity index (χ1) is 9.01. The molecule has 0 N–H and O–H groups in total. The van der Waals surface area contributed by atoms with Crippen molar-refractivity contribution in [2.24, 2.45) is 5.92 Å². The van der Waals surface area contributed by atoms with Crippen LogP contribution in [0.15, 0.2) is 11.3 Å². The van der Waals surface area contributed by atoms with Gasteiger partial charge in [0.1, 0.15) is 5.57 Å². The molecule has 1 fully saturated rings. The van der Waals surface area contributed by atoms with Gasteiger partial charge in [0.25, 0.3) is 5.91 Å². The number of amides is 1. The van der Waals surface area contributed by atoms with Crippen molar-refractivity contribution in [3.8, 4) is 0 Å². The van der Waals surface area contributed by atoms with Gasteiger partial charge in [-0.2, -0.15) is 0 Å². The third kappa shape index (κ3) is 2.70. The number of hydrogen-bond donors (Lipinski definition) is 0. The van der Waals surface area contributed by atoms with Gasteiger partial charge < -0.3 is 19.5 Å². The van der Waals surface area contributed by atoms with Crippen molar-refractivity contribution in [3.63, 3.8) is 0 Å². The molecule has 0 radical (unpaired) electrons. The number of carbonyl (C=O) groups is 3. The maximum atomic E-state index is 12.0. The van der Waals surface area contributed by atoms with E-state index in [1.54, 1.807) is 0 Å². The number of methoxy groups -OCH3 is 2. The molecule has 2 aliphatic heterocycles. The van der Waals surface area contributed by atoms with Crippen LogP contribution in [-0.2, 0) is 23.9 Å². The van der Waals surface area contributed by atoms with Crippen LogP contribution in [0.2, 0.25) is 0 Å². The molecular weight excluding hydrogens is 277 g/mol. The van der Waals surface area contributed by atoms with Crippen molar-refractivity contribution in [2.75, 3.05) is 20.8 Å². The van der Waals surface area contributed by atoms with Crippen LogP contribution in [0.25, 0.3) is 0 Å². The van der Waals surface area contributed by atoms with Crippen LogP contribution in [-0.4, -0.2) is 49.6 Å². The molecule has 0 aliphatic carbocycles. The molecule has 1 saturated heterocycles. The number of rotatable bonds is 2. The number of ether oxygens (including phenoxy) is 2. The Balaban J connectivity index is 0.00000200. The molecule has 2 aliphatic rings. The van der Waals surface area contributed by atoms with E-state index in [4.69, 9.17) is 0 Å². The van der Waals surface area contributed by atoms with E-state index in [0.29, 0.717) is 12.8 Å². The van der Waals surface area contributed by atoms with Crippen molar-refractivity contribution in [1.29, 1.82) is 0 Å². The van der Waals surface area contributed by atoms with Gasteiger partial charge in [-0.05, 0) is 12.8 Å². The number of hydrogen-bond acceptors (Lipinski definition) is 6. The Morgan fingerprint density at radius 2 is 1.90 bits per heavy atom. The van der Waals surface area contributed by atoms with E-state index in [-0.39, 0.29) is 36.1 Å². The average molecular weight is 291 g/mol. The average Bonchev–Trinajstić information content (AvgIpc) is 2.69. The molecule has 0 spiro atoms. The van der Waals surface area contributed by atoms with Gasteiger partial charge in [-0.15, -0.1) is 0 Å². The monoisotopic (exact) mass is 291 g/mol. The minimum Gasteiger partial charge on any atom is -0.873 e. The summed E-state index contributed by atoms with van der Waals surface area (Å²) in [6, 6.07) is -0.650. The Bertz CT molecular complexity index is 475. The second-order valence-corrected chi connectivity index (χ2v) is 4.50. The largest absolute Gasteiger partial charge is 1.00 e. The molecule has 0 aromatic rings. The molecule has 0 aromatic heterocycles. The molecular formula is C12H14NNaO6. The van der Waals surface area contributed by atoms with Gasteiger partial charge >= 0.3 is 41.5 Å². The summed E-state index contributed by atoms with van der Waals surface area (Å²) in [4.78, 5) is 36.2. The van der Waals surface area contributed by atoms with Crippen LogP contribution in [0.5, 0.6) is 0 Å². The zero-order valence-electron chi connectivity index (χ0n) is 11.7. The predicted octanol–water partition coefficient (Wildman–Crippen LogP) is -4.43. The Hall–Kier alpha value is -1.05. The molecule has 2 atom stereocenters. The van der Waals surface area contributed by atoms with Crippen LogP contribution in [0.1, 0.15) is 12.8 Å². The second-order valence-electron chi connectivity index (χ2n) is 4.50. The molecule has 2 rings (SSSR count). The Morgan fingerprint density at radius 1 is 1.25 bits per heavy atom. The van der Waals surface area contributed by atoms with Crippen molar-refractivity contribution in [1.82, 2.24) is 4.90 Å². The topological polar surface area (TPSA) is 96.0 Å². The summed E-state index contributed by atoms with van der Waals surface area (Å²) in [6.45, 7) is 0.0996. The number of piperidine rings is 1. The van der Waals surface area contributed by atoms with Gasteiger partial charge in [0, 0.05) is 12.6 Å². The van der Waals surface area contributed by atoms with Crippen LogP contribution in [0.4, 0.5) is 0 Å². The normalized spacial score (nSPS) is 24.9. The first kappa shape index (κ1) is 17.0. The molecule has 104 valence electrons. The Labute approximate surface area is 138 Å². The molecule has 2 unspecified atom stereocenters. The third-order valence-corrected chi connectivity index (χ3v) is 3.53. The predicted molar refractivity (Wildman–Crippen MR) is 59.3 cm³/mol. The molecule has 0 saturated carbocycles. The van der Waals surface area contributed by atoms with Crippen molar-refractivity contribution in [3.05, 3.63) is 11.3 Å². The van der Waals surface area contributed by atoms with Gasteiger partial charge in [-0.3, -0.25) is 9.59 Å². The first-order valence-electron chi connectivity index (χ1n) is 5.89. The molecule has 0 aromatic carbocycles. The number of esters is 2. The number of carbonyl (C=O) groups excluding carboxylic acids is 3. The van der Waals surface area contributed by atoms with Crippen molar-refractivity contribution < 1.29 is 58.5 Å². The van der Waals surface area contributed by atoms with Gasteiger partial charge in [0.05, 0.1) is 20.1 Å². The van der Waals surface area contributed by atoms with Crippen LogP contribution in [0, 0.1) is 5.92 Å². The standard InChI is InChI=1S/C12H15NO6.Na/c1-18-11(16)6-3-4-7-9(14)8(12(17)19-2)10(15)13(7)5-6;/h6-7,14H,3-5H2,1-2H3;/q;+1/p-1. The summed E-state index contributed by atoms with van der Waals surface area (Å²) in [5.41, 5.74) is -0.446. The summed E-state index contributed by atoms with van der Waals surface area (Å²) < 4.78 is 9.08. The minimum absolute atomic E-state index is 0. The molecule has 2 heterocycles. The fraction of sp³-hybridized carbons (Fsp3) is 0.583. The SMILES string of the molecule is COC(=O)C1=C([O-])C2CCC(C(=O)OC)CN2C1=O.[Na+]. The van der Waals surface area contributed by atoms with Crippen molar-refractivity contribution >= 4 is 17.8 Å². The van der Waals surface area contributed by atoms with Gasteiger partial charge in [0.2, 0.25) is 0 Å². The molecule has 0 bridgehead atoms. The van der Waals surface area contributed by atoms with Crippen LogP contribution < -0.4 is 34.7 Å². The zero-order valence-corrected chi connectivity index (χ0v) is 13.7. The summed E-state index contributed by atoms with van der Waals surface area (Å²) in [6.07, 6.45) is 0.812. The summed E-state index contributed by atoms with van der Waals surface area (Å²) in [7, 11) is 2.39. The minimum atomic E-state index is -0.918. The van der Waals surface area contributed by atoms with Gasteiger partial charge in [0.15, 0.2) is 0 Å². The van der Waals surface area contributed by atoms with Gasteiger partial charge in [-0.1, -0.05) is 5.76 Å². The summed E-state index contributed by atoms with van der Waals surface area (Å²) in [5, 5.41) is 12.0. The first-order valence-corrected chi connectivity index (χ1v) is 5.89. The fourth-order valence-corrected chi connectivity index (χ4v) is 2.53. The Kier molecular flexibility index (Phi) is 5.61. The van der Waals surface area contributed by atoms with E-state index in [9.17, 15) is 19.5 Å². The molecule has 8 heteroatoms. The maximum absolute atomic E-state index is 12.0. The van der Waals surface area contributed by atoms with E-state index in [0.717, 1.165) is 7.11 Å². The van der Waals surface area contributed by atoms with Crippen LogP contribution in [0.3, 0.4) is 0 Å². The zero-order chi connectivity index (χ0) is 14.2. The van der Waals surface area contributed by atoms with E-state index in [2.05, 4.69) is 9.47 Å². The summed E-state index contributed by atoms with van der Waals surface area (Å²) >= 11 is 0. The number of nitrogens with zero attached hydrogens (tertiary/aromatic N) is 1. The quantitative estimate of drug-likeness (QED) is 0.289. The van der Waals surface area contributed by atoms with E-state index < -0.39 is 41.1 Å². The smallest absolute Gasteiger partial charge is 0.873 e. The molecule has 20 heavy (non-hydrogen) atoms. The number of fused-ring (bicyclic) bond motifs is 1. The maximum Gasteiger partial charge on any atom is 1.00 e. The van der Waals surface area contributed by atoms with Crippen LogP contribution >= 0.6 is 0 Å². The fourth-order valence-electron chi connectivity index (χ4n) is 2.53. The molecule has 1 amide bonds. The van der Waals surface area contributed by atoms with E-state index in [1.807, 2.05) is 0 Å². The van der Waals surface area contributed by atoms with Crippen molar-refractivity contribution in [2.45, 2.75) is 18.9 Å². The second kappa shape index (κ2) is 6.60. The van der Waals surface area contributed by atoms with E-state index >= 15 is 0 Å². The molecule has 7 nitrogen and oxygen atoms in total. The summed E-state index contributed by atoms with van der Waals surface area (Å²) in [5.74, 6) is -2.95. The third-order valence-electron chi connectivity index (χ3n) is 3.53. The van der Waals surface area contributed by atoms with Gasteiger partial charge in [-0.25, -0.2) is 4.79 Å². The van der Waals surface area contributed by atoms with E-state index in [1.165, 1.54) is 12.0 Å².